The zero-order valence-electron chi connectivity index (χ0n) is 33.0. The number of benzene rings is 4. The smallest absolute Gasteiger partial charge is 0.330 e. The van der Waals surface area contributed by atoms with Gasteiger partial charge in [-0.1, -0.05) is 42.0 Å². The van der Waals surface area contributed by atoms with Crippen LogP contribution in [0.3, 0.4) is 0 Å². The third kappa shape index (κ3) is 13.4. The quantitative estimate of drug-likeness (QED) is 0.0560. The number of hydrogen-bond donors (Lipinski definition) is 5. The molecular formula is C42H38NO19-9. The first-order chi connectivity index (χ1) is 28.8. The Kier molecular flexibility index (Phi) is 16.5. The van der Waals surface area contributed by atoms with Crippen LogP contribution in [0.2, 0.25) is 0 Å². The van der Waals surface area contributed by atoms with Gasteiger partial charge in [-0.05, 0) is 91.8 Å². The van der Waals surface area contributed by atoms with Crippen molar-refractivity contribution in [3.63, 3.8) is 0 Å². The normalized spacial score (nSPS) is 18.2. The highest BCUT2D eigenvalue weighted by Gasteiger charge is 2.35. The minimum atomic E-state index is -2.23. The molecule has 0 bridgehead atoms. The molecule has 1 aliphatic carbocycles. The lowest BCUT2D eigenvalue weighted by Crippen LogP contribution is -2.68. The van der Waals surface area contributed by atoms with E-state index >= 15 is 0 Å². The molecule has 1 aliphatic rings. The van der Waals surface area contributed by atoms with Gasteiger partial charge in [-0.25, -0.2) is 4.79 Å². The molecule has 1 fully saturated rings. The average molecular weight is 861 g/mol. The van der Waals surface area contributed by atoms with E-state index in [1.54, 1.807) is 4.90 Å². The topological polar surface area (TPSA) is 389 Å². The standard InChI is InChI=1S/C17H19NO7.C17H17O8.C8H8O4/c1-9(19)6-18(7-10-2-12(20)16(24)13(21)3-10)8-11-4-14(22)17(25)15(23)5-11;1-9(18)17(24)7-13(21)16(23)14(8-17)25-15(22)5-3-10-2-4-11(19)12(20)6-10;1-4(9)5-2-6(10)8(12)7(11)3-5/h2-5,20-25H,6-8H2,1H3;2-6,13-14,16,19-20H,7-8H2,1H3;2-3,10-12H,1H3/q;-3;/p-6/b;5-3+;. The molecule has 20 nitrogen and oxygen atoms in total. The monoisotopic (exact) mass is 860 g/mol. The summed E-state index contributed by atoms with van der Waals surface area (Å²) in [5.41, 5.74) is -1.14. The number of Topliss-reactive ketones (excluding diaryl/α,β-unsaturated/α-hetero) is 3. The van der Waals surface area contributed by atoms with Crippen molar-refractivity contribution in [2.75, 3.05) is 6.54 Å². The fourth-order valence-corrected chi connectivity index (χ4v) is 5.86. The lowest BCUT2D eigenvalue weighted by atomic mass is 9.77. The fourth-order valence-electron chi connectivity index (χ4n) is 5.86. The first-order valence-corrected chi connectivity index (χ1v) is 18.1. The number of ketones is 3. The molecule has 4 aromatic rings. The molecule has 62 heavy (non-hydrogen) atoms. The van der Waals surface area contributed by atoms with Gasteiger partial charge in [-0.2, -0.15) is 0 Å². The third-order valence-electron chi connectivity index (χ3n) is 9.00. The van der Waals surface area contributed by atoms with Crippen molar-refractivity contribution in [3.8, 4) is 63.2 Å². The highest BCUT2D eigenvalue weighted by molar-refractivity contribution is 5.95. The van der Waals surface area contributed by atoms with Gasteiger partial charge in [-0.15, -0.1) is 29.5 Å². The fraction of sp³-hybridized carbons (Fsp3) is 0.286. The van der Waals surface area contributed by atoms with Crippen LogP contribution in [0.5, 0.6) is 63.2 Å². The molecule has 4 aromatic carbocycles. The molecule has 4 atom stereocenters. The number of carbonyl (C=O) groups excluding carboxylic acids is 4. The molecule has 0 radical (unpaired) electrons. The summed E-state index contributed by atoms with van der Waals surface area (Å²) in [6, 6.07) is 10.0. The van der Waals surface area contributed by atoms with Crippen LogP contribution in [0.25, 0.3) is 6.08 Å². The van der Waals surface area contributed by atoms with Crippen LogP contribution in [0.4, 0.5) is 0 Å². The molecule has 1 saturated carbocycles. The highest BCUT2D eigenvalue weighted by Crippen LogP contribution is 2.35. The van der Waals surface area contributed by atoms with Crippen LogP contribution in [0, 0.1) is 0 Å². The molecule has 20 heteroatoms. The first-order valence-electron chi connectivity index (χ1n) is 18.1. The highest BCUT2D eigenvalue weighted by atomic mass is 16.6. The van der Waals surface area contributed by atoms with E-state index in [9.17, 15) is 80.5 Å². The maximum absolute atomic E-state index is 12.3. The molecule has 0 amide bonds. The number of nitrogens with zero attached hydrogens (tertiary/aromatic N) is 1. The Morgan fingerprint density at radius 2 is 1.19 bits per heavy atom. The van der Waals surface area contributed by atoms with Crippen molar-refractivity contribution in [1.82, 2.24) is 4.90 Å². The van der Waals surface area contributed by atoms with Gasteiger partial charge in [0.25, 0.3) is 0 Å². The number of phenols is 5. The summed E-state index contributed by atoms with van der Waals surface area (Å²) >= 11 is 0. The minimum absolute atomic E-state index is 0.0191. The molecule has 334 valence electrons. The number of carbonyl (C=O) groups is 4. The van der Waals surface area contributed by atoms with Gasteiger partial charge >= 0.3 is 5.97 Å². The van der Waals surface area contributed by atoms with Gasteiger partial charge in [0.15, 0.2) is 5.78 Å². The van der Waals surface area contributed by atoms with Crippen LogP contribution in [0.15, 0.2) is 60.7 Å². The molecular weight excluding hydrogens is 822 g/mol. The summed E-state index contributed by atoms with van der Waals surface area (Å²) < 4.78 is 4.87. The number of rotatable bonds is 11. The van der Waals surface area contributed by atoms with Crippen LogP contribution in [-0.2, 0) is 32.2 Å². The molecule has 5 N–H and O–H groups in total. The van der Waals surface area contributed by atoms with E-state index in [1.807, 2.05) is 0 Å². The summed E-state index contributed by atoms with van der Waals surface area (Å²) in [4.78, 5) is 47.0. The van der Waals surface area contributed by atoms with Gasteiger partial charge in [0.1, 0.15) is 40.3 Å². The summed E-state index contributed by atoms with van der Waals surface area (Å²) in [6.07, 6.45) is -4.28. The molecule has 0 aromatic heterocycles. The third-order valence-corrected chi connectivity index (χ3v) is 9.00. The van der Waals surface area contributed by atoms with Crippen molar-refractivity contribution in [1.29, 1.82) is 0 Å². The van der Waals surface area contributed by atoms with E-state index in [0.29, 0.717) is 11.1 Å². The largest absolute Gasteiger partial charge is 0.873 e. The summed E-state index contributed by atoms with van der Waals surface area (Å²) in [5.74, 6) is -10.4. The Labute approximate surface area is 352 Å². The Hall–Kier alpha value is -7.26. The number of phenolic OH excluding ortho intramolecular Hbond substituents is 5. The zero-order chi connectivity index (χ0) is 46.8. The van der Waals surface area contributed by atoms with Gasteiger partial charge in [0, 0.05) is 24.7 Å². The van der Waals surface area contributed by atoms with E-state index < -0.39 is 112 Å². The van der Waals surface area contributed by atoms with E-state index in [2.05, 4.69) is 0 Å². The zero-order valence-corrected chi connectivity index (χ0v) is 33.0. The van der Waals surface area contributed by atoms with Gasteiger partial charge in [0.05, 0.1) is 12.6 Å². The number of aromatic hydroxyl groups is 5. The Balaban J connectivity index is 0.000000263. The predicted molar refractivity (Wildman–Crippen MR) is 195 cm³/mol. The summed E-state index contributed by atoms with van der Waals surface area (Å²) in [5, 5.41) is 149. The van der Waals surface area contributed by atoms with Crippen LogP contribution in [-0.4, -0.2) is 84.2 Å². The van der Waals surface area contributed by atoms with Crippen LogP contribution in [0.1, 0.15) is 60.7 Å². The average Bonchev–Trinajstić information content (AvgIpc) is 3.17. The van der Waals surface area contributed by atoms with E-state index in [0.717, 1.165) is 49.4 Å². The molecule has 0 spiro atoms. The SMILES string of the molecule is CC(=O)C1([O-])CC([O-])C([O-])C(OC(=O)/C=C/c2ccc([O-])c([O-])c2)C1.CC(=O)CN(Cc1cc([O-])c([O-])c(O)c1)Cc1cc(O)c([O-])c(O)c1.CC(=O)c1cc(O)c([O-])c(O)c1. The van der Waals surface area contributed by atoms with Crippen molar-refractivity contribution >= 4 is 29.4 Å². The van der Waals surface area contributed by atoms with Crippen molar-refractivity contribution in [2.24, 2.45) is 0 Å². The predicted octanol–water partition coefficient (Wildman–Crippen LogP) is -3.31. The number of ether oxygens (including phenoxy) is 1. The number of esters is 1. The maximum Gasteiger partial charge on any atom is 0.330 e. The second kappa shape index (κ2) is 20.8. The molecule has 0 heterocycles. The van der Waals surface area contributed by atoms with E-state index in [-0.39, 0.29) is 42.3 Å². The molecule has 5 rings (SSSR count). The van der Waals surface area contributed by atoms with E-state index in [1.165, 1.54) is 38.1 Å². The van der Waals surface area contributed by atoms with Crippen LogP contribution < -0.4 is 46.0 Å². The van der Waals surface area contributed by atoms with Gasteiger partial charge < -0.3 is 81.0 Å². The van der Waals surface area contributed by atoms with E-state index in [4.69, 9.17) is 14.9 Å². The number of hydrogen-bond acceptors (Lipinski definition) is 20. The van der Waals surface area contributed by atoms with Gasteiger partial charge in [-0.3, -0.25) is 14.5 Å². The second-order valence-corrected chi connectivity index (χ2v) is 14.1. The van der Waals surface area contributed by atoms with Crippen molar-refractivity contribution in [2.45, 2.75) is 70.6 Å². The summed E-state index contributed by atoms with van der Waals surface area (Å²) in [6.45, 7) is 3.79. The lowest BCUT2D eigenvalue weighted by Gasteiger charge is -2.56. The maximum atomic E-state index is 12.3. The second-order valence-electron chi connectivity index (χ2n) is 14.1. The van der Waals surface area contributed by atoms with Crippen LogP contribution >= 0.6 is 0 Å². The Bertz CT molecular complexity index is 2200. The lowest BCUT2D eigenvalue weighted by molar-refractivity contribution is -0.572. The Morgan fingerprint density at radius 1 is 0.694 bits per heavy atom. The Morgan fingerprint density at radius 3 is 1.66 bits per heavy atom. The first kappa shape index (κ1) is 49.1. The van der Waals surface area contributed by atoms with Gasteiger partial charge in [0.2, 0.25) is 0 Å². The molecule has 0 saturated heterocycles. The minimum Gasteiger partial charge on any atom is -0.873 e. The van der Waals surface area contributed by atoms with Crippen molar-refractivity contribution in [3.05, 3.63) is 82.9 Å². The summed E-state index contributed by atoms with van der Waals surface area (Å²) in [7, 11) is 0. The van der Waals surface area contributed by atoms with Crippen molar-refractivity contribution < 1.29 is 95.4 Å². The molecule has 0 aliphatic heterocycles. The molecule has 4 unspecified atom stereocenters.